The fourth-order valence-electron chi connectivity index (χ4n) is 0.864. The van der Waals surface area contributed by atoms with Crippen LogP contribution in [0.1, 0.15) is 0 Å². The van der Waals surface area contributed by atoms with Gasteiger partial charge in [0, 0.05) is 5.75 Å². The third-order valence-corrected chi connectivity index (χ3v) is 2.40. The van der Waals surface area contributed by atoms with Crippen molar-refractivity contribution in [3.63, 3.8) is 0 Å². The van der Waals surface area contributed by atoms with Gasteiger partial charge in [-0.2, -0.15) is 0 Å². The quantitative estimate of drug-likeness (QED) is 0.617. The Balaban J connectivity index is 2.37. The lowest BCUT2D eigenvalue weighted by atomic mass is 10.4. The lowest BCUT2D eigenvalue weighted by Gasteiger charge is -2.02. The summed E-state index contributed by atoms with van der Waals surface area (Å²) in [5.41, 5.74) is 0. The topological polar surface area (TPSA) is 42.0 Å². The molecular weight excluding hydrogens is 215 g/mol. The van der Waals surface area contributed by atoms with E-state index in [1.165, 1.54) is 23.9 Å². The molecule has 5 heteroatoms. The number of carbonyl (C=O) groups is 1. The van der Waals surface area contributed by atoms with Crippen molar-refractivity contribution in [3.8, 4) is 0 Å². The van der Waals surface area contributed by atoms with Crippen molar-refractivity contribution in [1.29, 1.82) is 0 Å². The first kappa shape index (κ1) is 11.7. The summed E-state index contributed by atoms with van der Waals surface area (Å²) in [6.07, 6.45) is 2.79. The van der Waals surface area contributed by atoms with Crippen LogP contribution in [-0.4, -0.2) is 22.4 Å². The summed E-state index contributed by atoms with van der Waals surface area (Å²) in [7, 11) is 0. The van der Waals surface area contributed by atoms with Crippen LogP contribution in [0.25, 0.3) is 0 Å². The van der Waals surface area contributed by atoms with Crippen LogP contribution in [0.3, 0.4) is 0 Å². The van der Waals surface area contributed by atoms with Crippen LogP contribution in [0, 0.1) is 5.82 Å². The molecule has 15 heavy (non-hydrogen) atoms. The SMILES string of the molecule is C=CCSCC(=O)Nc1ccc(F)cn1. The van der Waals surface area contributed by atoms with Gasteiger partial charge in [0.2, 0.25) is 5.91 Å². The fraction of sp³-hybridized carbons (Fsp3) is 0.200. The van der Waals surface area contributed by atoms with Crippen molar-refractivity contribution in [2.75, 3.05) is 16.8 Å². The van der Waals surface area contributed by atoms with Crippen molar-refractivity contribution < 1.29 is 9.18 Å². The molecule has 1 N–H and O–H groups in total. The number of carbonyl (C=O) groups excluding carboxylic acids is 1. The third kappa shape index (κ3) is 4.60. The van der Waals surface area contributed by atoms with Gasteiger partial charge in [-0.3, -0.25) is 4.79 Å². The summed E-state index contributed by atoms with van der Waals surface area (Å²) in [5.74, 6) is 0.852. The van der Waals surface area contributed by atoms with Gasteiger partial charge in [-0.25, -0.2) is 9.37 Å². The Morgan fingerprint density at radius 2 is 2.47 bits per heavy atom. The molecule has 1 aromatic rings. The van der Waals surface area contributed by atoms with Gasteiger partial charge in [-0.15, -0.1) is 18.3 Å². The molecule has 0 saturated heterocycles. The second kappa shape index (κ2) is 6.19. The average Bonchev–Trinajstić information content (AvgIpc) is 2.22. The van der Waals surface area contributed by atoms with Crippen molar-refractivity contribution >= 4 is 23.5 Å². The highest BCUT2D eigenvalue weighted by atomic mass is 32.2. The molecule has 0 aliphatic rings. The zero-order valence-corrected chi connectivity index (χ0v) is 8.89. The van der Waals surface area contributed by atoms with E-state index in [1.807, 2.05) is 0 Å². The van der Waals surface area contributed by atoms with Crippen LogP contribution < -0.4 is 5.32 Å². The Labute approximate surface area is 91.8 Å². The van der Waals surface area contributed by atoms with Gasteiger partial charge < -0.3 is 5.32 Å². The van der Waals surface area contributed by atoms with E-state index < -0.39 is 5.82 Å². The van der Waals surface area contributed by atoms with Crippen LogP contribution in [0.4, 0.5) is 10.2 Å². The van der Waals surface area contributed by atoms with Gasteiger partial charge in [0.25, 0.3) is 0 Å². The van der Waals surface area contributed by atoms with E-state index in [1.54, 1.807) is 6.08 Å². The molecule has 1 heterocycles. The fourth-order valence-corrected chi connectivity index (χ4v) is 1.41. The lowest BCUT2D eigenvalue weighted by Crippen LogP contribution is -2.15. The summed E-state index contributed by atoms with van der Waals surface area (Å²) in [4.78, 5) is 15.0. The second-order valence-corrected chi connectivity index (χ2v) is 3.74. The number of thioether (sulfide) groups is 1. The number of hydrogen-bond acceptors (Lipinski definition) is 3. The Morgan fingerprint density at radius 3 is 3.07 bits per heavy atom. The minimum Gasteiger partial charge on any atom is -0.310 e. The zero-order valence-electron chi connectivity index (χ0n) is 8.07. The molecule has 0 unspecified atom stereocenters. The summed E-state index contributed by atoms with van der Waals surface area (Å²) in [6, 6.07) is 2.67. The van der Waals surface area contributed by atoms with Gasteiger partial charge in [0.1, 0.15) is 11.6 Å². The van der Waals surface area contributed by atoms with E-state index in [0.717, 1.165) is 11.9 Å². The largest absolute Gasteiger partial charge is 0.310 e. The summed E-state index contributed by atoms with van der Waals surface area (Å²) in [5, 5.41) is 2.56. The van der Waals surface area contributed by atoms with E-state index in [4.69, 9.17) is 0 Å². The molecule has 1 aromatic heterocycles. The monoisotopic (exact) mass is 226 g/mol. The molecule has 80 valence electrons. The standard InChI is InChI=1S/C10H11FN2OS/c1-2-5-15-7-10(14)13-9-4-3-8(11)6-12-9/h2-4,6H,1,5,7H2,(H,12,13,14). The highest BCUT2D eigenvalue weighted by Gasteiger charge is 2.02. The van der Waals surface area contributed by atoms with Gasteiger partial charge in [-0.05, 0) is 12.1 Å². The van der Waals surface area contributed by atoms with E-state index >= 15 is 0 Å². The van der Waals surface area contributed by atoms with Crippen LogP contribution in [0.5, 0.6) is 0 Å². The maximum Gasteiger partial charge on any atom is 0.235 e. The van der Waals surface area contributed by atoms with Crippen LogP contribution >= 0.6 is 11.8 Å². The molecule has 0 aromatic carbocycles. The van der Waals surface area contributed by atoms with Crippen molar-refractivity contribution in [3.05, 3.63) is 36.8 Å². The number of amides is 1. The first-order chi connectivity index (χ1) is 7.22. The molecule has 0 aliphatic heterocycles. The Hall–Kier alpha value is -1.36. The highest BCUT2D eigenvalue weighted by Crippen LogP contribution is 2.05. The highest BCUT2D eigenvalue weighted by molar-refractivity contribution is 8.00. The number of nitrogens with one attached hydrogen (secondary N) is 1. The number of nitrogens with zero attached hydrogens (tertiary/aromatic N) is 1. The number of aromatic nitrogens is 1. The number of anilines is 1. The van der Waals surface area contributed by atoms with E-state index in [9.17, 15) is 9.18 Å². The molecule has 3 nitrogen and oxygen atoms in total. The minimum absolute atomic E-state index is 0.152. The number of hydrogen-bond donors (Lipinski definition) is 1. The maximum absolute atomic E-state index is 12.5. The minimum atomic E-state index is -0.422. The molecule has 0 spiro atoms. The molecule has 0 fully saturated rings. The predicted octanol–water partition coefficient (Wildman–Crippen LogP) is 2.08. The number of pyridine rings is 1. The maximum atomic E-state index is 12.5. The third-order valence-electron chi connectivity index (χ3n) is 1.46. The number of halogens is 1. The molecule has 0 saturated carbocycles. The van der Waals surface area contributed by atoms with Gasteiger partial charge in [0.05, 0.1) is 11.9 Å². The van der Waals surface area contributed by atoms with E-state index in [0.29, 0.717) is 11.6 Å². The smallest absolute Gasteiger partial charge is 0.235 e. The molecule has 0 atom stereocenters. The summed E-state index contributed by atoms with van der Waals surface area (Å²) >= 11 is 1.45. The summed E-state index contributed by atoms with van der Waals surface area (Å²) < 4.78 is 12.5. The first-order valence-electron chi connectivity index (χ1n) is 4.32. The second-order valence-electron chi connectivity index (χ2n) is 2.71. The predicted molar refractivity (Wildman–Crippen MR) is 60.3 cm³/mol. The van der Waals surface area contributed by atoms with Crippen molar-refractivity contribution in [1.82, 2.24) is 4.98 Å². The van der Waals surface area contributed by atoms with Gasteiger partial charge >= 0.3 is 0 Å². The molecule has 1 rings (SSSR count). The van der Waals surface area contributed by atoms with Crippen LogP contribution in [0.15, 0.2) is 31.0 Å². The Kier molecular flexibility index (Phi) is 4.83. The van der Waals surface area contributed by atoms with E-state index in [-0.39, 0.29) is 5.91 Å². The Morgan fingerprint density at radius 1 is 1.67 bits per heavy atom. The lowest BCUT2D eigenvalue weighted by molar-refractivity contribution is -0.113. The first-order valence-corrected chi connectivity index (χ1v) is 5.48. The van der Waals surface area contributed by atoms with Crippen LogP contribution in [-0.2, 0) is 4.79 Å². The van der Waals surface area contributed by atoms with Gasteiger partial charge in [-0.1, -0.05) is 6.08 Å². The van der Waals surface area contributed by atoms with E-state index in [2.05, 4.69) is 16.9 Å². The van der Waals surface area contributed by atoms with Crippen molar-refractivity contribution in [2.24, 2.45) is 0 Å². The normalized spacial score (nSPS) is 9.67. The molecule has 0 aliphatic carbocycles. The molecule has 0 radical (unpaired) electrons. The summed E-state index contributed by atoms with van der Waals surface area (Å²) in [6.45, 7) is 3.54. The van der Waals surface area contributed by atoms with Crippen molar-refractivity contribution in [2.45, 2.75) is 0 Å². The average molecular weight is 226 g/mol. The van der Waals surface area contributed by atoms with Crippen LogP contribution in [0.2, 0.25) is 0 Å². The molecule has 0 bridgehead atoms. The zero-order chi connectivity index (χ0) is 11.1. The molecule has 1 amide bonds. The Bertz CT molecular complexity index is 340. The van der Waals surface area contributed by atoms with Gasteiger partial charge in [0.15, 0.2) is 0 Å². The number of rotatable bonds is 5. The molecular formula is C10H11FN2OS.